The lowest BCUT2D eigenvalue weighted by Crippen LogP contribution is -2.45. The standard InChI is InChI=1S/C29H40FN3O/c1-20(2)28-24-14-13-23(30)19-22(24)15-16-29(28,34)17-18-33(4)21(3)9-5-8-12-27-31-25-10-6-7-11-26(25)32-27/h6-7,10-11,13-14,19-21,28,34H,5,8-9,12,15-18H2,1-4H3,(H,31,32)/t21-,28-,29-/m0/s1. The van der Waals surface area contributed by atoms with Crippen LogP contribution < -0.4 is 0 Å². The molecule has 1 aliphatic rings. The molecular weight excluding hydrogens is 425 g/mol. The number of H-pyrrole nitrogens is 1. The number of aromatic amines is 1. The smallest absolute Gasteiger partial charge is 0.123 e. The van der Waals surface area contributed by atoms with Gasteiger partial charge in [-0.15, -0.1) is 0 Å². The number of nitrogens with zero attached hydrogens (tertiary/aromatic N) is 2. The fourth-order valence-electron chi connectivity index (χ4n) is 5.82. The predicted octanol–water partition coefficient (Wildman–Crippen LogP) is 6.24. The molecule has 0 unspecified atom stereocenters. The maximum absolute atomic E-state index is 13.8. The molecule has 2 N–H and O–H groups in total. The van der Waals surface area contributed by atoms with E-state index in [1.54, 1.807) is 12.1 Å². The van der Waals surface area contributed by atoms with E-state index in [2.05, 4.69) is 48.8 Å². The number of unbranched alkanes of at least 4 members (excludes halogenated alkanes) is 1. The average molecular weight is 466 g/mol. The third kappa shape index (κ3) is 5.52. The number of benzene rings is 2. The van der Waals surface area contributed by atoms with E-state index in [4.69, 9.17) is 0 Å². The molecule has 1 heterocycles. The van der Waals surface area contributed by atoms with E-state index in [-0.39, 0.29) is 11.7 Å². The summed E-state index contributed by atoms with van der Waals surface area (Å²) in [5, 5.41) is 11.7. The summed E-state index contributed by atoms with van der Waals surface area (Å²) in [7, 11) is 2.17. The molecule has 0 amide bonds. The highest BCUT2D eigenvalue weighted by atomic mass is 19.1. The summed E-state index contributed by atoms with van der Waals surface area (Å²) < 4.78 is 13.8. The van der Waals surface area contributed by atoms with Gasteiger partial charge in [0.1, 0.15) is 11.6 Å². The molecule has 4 nitrogen and oxygen atoms in total. The van der Waals surface area contributed by atoms with Gasteiger partial charge in [0, 0.05) is 24.9 Å². The van der Waals surface area contributed by atoms with Crippen molar-refractivity contribution in [2.75, 3.05) is 13.6 Å². The quantitative estimate of drug-likeness (QED) is 0.348. The normalized spacial score (nSPS) is 21.4. The van der Waals surface area contributed by atoms with Crippen LogP contribution in [-0.4, -0.2) is 45.2 Å². The van der Waals surface area contributed by atoms with E-state index in [9.17, 15) is 9.50 Å². The second kappa shape index (κ2) is 10.6. The monoisotopic (exact) mass is 465 g/mol. The van der Waals surface area contributed by atoms with Crippen LogP contribution >= 0.6 is 0 Å². The molecule has 0 aliphatic heterocycles. The van der Waals surface area contributed by atoms with E-state index in [1.165, 1.54) is 0 Å². The second-order valence-electron chi connectivity index (χ2n) is 10.7. The van der Waals surface area contributed by atoms with Gasteiger partial charge < -0.3 is 15.0 Å². The van der Waals surface area contributed by atoms with Gasteiger partial charge in [0.05, 0.1) is 16.6 Å². The summed E-state index contributed by atoms with van der Waals surface area (Å²) >= 11 is 0. The first kappa shape index (κ1) is 24.9. The third-order valence-corrected chi connectivity index (χ3v) is 7.89. The number of rotatable bonds is 10. The van der Waals surface area contributed by atoms with Crippen molar-refractivity contribution in [1.82, 2.24) is 14.9 Å². The molecule has 3 aromatic rings. The van der Waals surface area contributed by atoms with Crippen LogP contribution in [0.15, 0.2) is 42.5 Å². The summed E-state index contributed by atoms with van der Waals surface area (Å²) in [6.07, 6.45) is 6.56. The first-order valence-corrected chi connectivity index (χ1v) is 12.9. The van der Waals surface area contributed by atoms with Crippen LogP contribution in [0.1, 0.15) is 75.7 Å². The Hall–Kier alpha value is -2.24. The van der Waals surface area contributed by atoms with E-state index in [0.717, 1.165) is 73.1 Å². The molecule has 0 spiro atoms. The van der Waals surface area contributed by atoms with Crippen molar-refractivity contribution in [3.8, 4) is 0 Å². The molecule has 4 rings (SSSR count). The van der Waals surface area contributed by atoms with Crippen molar-refractivity contribution < 1.29 is 9.50 Å². The van der Waals surface area contributed by atoms with Crippen LogP contribution in [0.25, 0.3) is 11.0 Å². The molecule has 0 bridgehead atoms. The Morgan fingerprint density at radius 1 is 1.18 bits per heavy atom. The SMILES string of the molecule is CC(C)[C@H]1c2ccc(F)cc2CC[C@]1(O)CCN(C)[C@@H](C)CCCCc1nc2ccccc2[nH]1. The lowest BCUT2D eigenvalue weighted by molar-refractivity contribution is -0.0320. The lowest BCUT2D eigenvalue weighted by atomic mass is 9.66. The van der Waals surface area contributed by atoms with Crippen molar-refractivity contribution in [2.45, 2.75) is 83.3 Å². The Morgan fingerprint density at radius 2 is 1.97 bits per heavy atom. The van der Waals surface area contributed by atoms with Gasteiger partial charge in [-0.3, -0.25) is 0 Å². The highest BCUT2D eigenvalue weighted by Crippen LogP contribution is 2.45. The Bertz CT molecular complexity index is 1060. The van der Waals surface area contributed by atoms with Gasteiger partial charge in [-0.1, -0.05) is 38.5 Å². The first-order chi connectivity index (χ1) is 16.3. The van der Waals surface area contributed by atoms with E-state index in [1.807, 2.05) is 24.3 Å². The van der Waals surface area contributed by atoms with Crippen LogP contribution in [0.5, 0.6) is 0 Å². The summed E-state index contributed by atoms with van der Waals surface area (Å²) in [5.41, 5.74) is 3.60. The van der Waals surface area contributed by atoms with Crippen molar-refractivity contribution in [1.29, 1.82) is 0 Å². The fraction of sp³-hybridized carbons (Fsp3) is 0.552. The number of hydrogen-bond donors (Lipinski definition) is 2. The van der Waals surface area contributed by atoms with Gasteiger partial charge in [-0.25, -0.2) is 9.37 Å². The molecule has 0 fully saturated rings. The zero-order valence-corrected chi connectivity index (χ0v) is 21.1. The average Bonchev–Trinajstić information content (AvgIpc) is 3.23. The minimum absolute atomic E-state index is 0.0457. The van der Waals surface area contributed by atoms with Gasteiger partial charge >= 0.3 is 0 Å². The van der Waals surface area contributed by atoms with E-state index >= 15 is 0 Å². The molecule has 0 saturated heterocycles. The first-order valence-electron chi connectivity index (χ1n) is 12.9. The maximum Gasteiger partial charge on any atom is 0.123 e. The summed E-state index contributed by atoms with van der Waals surface area (Å²) in [4.78, 5) is 10.5. The second-order valence-corrected chi connectivity index (χ2v) is 10.7. The molecule has 5 heteroatoms. The van der Waals surface area contributed by atoms with E-state index < -0.39 is 5.60 Å². The number of aliphatic hydroxyl groups is 1. The lowest BCUT2D eigenvalue weighted by Gasteiger charge is -2.44. The van der Waals surface area contributed by atoms with Crippen LogP contribution in [-0.2, 0) is 12.8 Å². The number of fused-ring (bicyclic) bond motifs is 2. The van der Waals surface area contributed by atoms with Gasteiger partial charge in [-0.2, -0.15) is 0 Å². The van der Waals surface area contributed by atoms with Crippen LogP contribution in [0.2, 0.25) is 0 Å². The number of aromatic nitrogens is 2. The molecule has 0 radical (unpaired) electrons. The number of nitrogens with one attached hydrogen (secondary N) is 1. The van der Waals surface area contributed by atoms with E-state index in [0.29, 0.717) is 18.4 Å². The maximum atomic E-state index is 13.8. The molecule has 2 aromatic carbocycles. The number of halogens is 1. The van der Waals surface area contributed by atoms with Crippen LogP contribution in [0, 0.1) is 11.7 Å². The minimum Gasteiger partial charge on any atom is -0.389 e. The fourth-order valence-corrected chi connectivity index (χ4v) is 5.82. The number of imidazole rings is 1. The highest BCUT2D eigenvalue weighted by molar-refractivity contribution is 5.74. The zero-order valence-electron chi connectivity index (χ0n) is 21.1. The Labute approximate surface area is 203 Å². The van der Waals surface area contributed by atoms with Crippen molar-refractivity contribution in [3.05, 3.63) is 65.2 Å². The van der Waals surface area contributed by atoms with Crippen LogP contribution in [0.4, 0.5) is 4.39 Å². The summed E-state index contributed by atoms with van der Waals surface area (Å²) in [6, 6.07) is 13.7. The topological polar surface area (TPSA) is 52.1 Å². The third-order valence-electron chi connectivity index (χ3n) is 7.89. The predicted molar refractivity (Wildman–Crippen MR) is 138 cm³/mol. The van der Waals surface area contributed by atoms with Crippen molar-refractivity contribution >= 4 is 11.0 Å². The van der Waals surface area contributed by atoms with Gasteiger partial charge in [0.25, 0.3) is 0 Å². The zero-order chi connectivity index (χ0) is 24.3. The molecule has 34 heavy (non-hydrogen) atoms. The highest BCUT2D eigenvalue weighted by Gasteiger charge is 2.43. The Balaban J connectivity index is 1.27. The molecule has 0 saturated carbocycles. The molecular formula is C29H40FN3O. The van der Waals surface area contributed by atoms with Crippen molar-refractivity contribution in [3.63, 3.8) is 0 Å². The largest absolute Gasteiger partial charge is 0.389 e. The summed E-state index contributed by atoms with van der Waals surface area (Å²) in [5.74, 6) is 1.24. The van der Waals surface area contributed by atoms with Gasteiger partial charge in [0.15, 0.2) is 0 Å². The number of aryl methyl sites for hydroxylation is 2. The minimum atomic E-state index is -0.742. The molecule has 3 atom stereocenters. The number of para-hydroxylation sites is 2. The van der Waals surface area contributed by atoms with Gasteiger partial charge in [0.2, 0.25) is 0 Å². The molecule has 184 valence electrons. The Morgan fingerprint density at radius 3 is 2.74 bits per heavy atom. The van der Waals surface area contributed by atoms with Crippen LogP contribution in [0.3, 0.4) is 0 Å². The number of hydrogen-bond acceptors (Lipinski definition) is 3. The molecule has 1 aromatic heterocycles. The summed E-state index contributed by atoms with van der Waals surface area (Å²) in [6.45, 7) is 7.48. The molecule has 1 aliphatic carbocycles. The Kier molecular flexibility index (Phi) is 7.73. The van der Waals surface area contributed by atoms with Gasteiger partial charge in [-0.05, 0) is 87.4 Å². The van der Waals surface area contributed by atoms with Crippen molar-refractivity contribution in [2.24, 2.45) is 5.92 Å².